The minimum atomic E-state index is -0.423. The molecule has 0 aliphatic carbocycles. The molecule has 0 N–H and O–H groups in total. The van der Waals surface area contributed by atoms with Crippen molar-refractivity contribution in [2.24, 2.45) is 0 Å². The molecule has 0 aliphatic heterocycles. The van der Waals surface area contributed by atoms with Gasteiger partial charge in [-0.15, -0.1) is 0 Å². The summed E-state index contributed by atoms with van der Waals surface area (Å²) in [6, 6.07) is 0. The van der Waals surface area contributed by atoms with Gasteiger partial charge in [0.05, 0.1) is 0 Å². The molecule has 54 valence electrons. The third-order valence-corrected chi connectivity index (χ3v) is 0.766. The minimum absolute atomic E-state index is 0.423. The van der Waals surface area contributed by atoms with E-state index in [0.717, 1.165) is 6.42 Å². The molecule has 0 aromatic carbocycles. The lowest BCUT2D eigenvalue weighted by atomic mass is 10.4. The third kappa shape index (κ3) is 5.66. The Bertz CT molecular complexity index is 91.1. The molecule has 1 atom stereocenters. The van der Waals surface area contributed by atoms with E-state index >= 15 is 0 Å². The highest BCUT2D eigenvalue weighted by atomic mass is 35.5. The van der Waals surface area contributed by atoms with Crippen LogP contribution in [-0.2, 0) is 9.78 Å². The van der Waals surface area contributed by atoms with Gasteiger partial charge in [-0.1, -0.05) is 25.1 Å². The summed E-state index contributed by atoms with van der Waals surface area (Å²) >= 11 is 5.39. The molecule has 0 saturated heterocycles. The van der Waals surface area contributed by atoms with E-state index in [1.165, 1.54) is 0 Å². The standard InChI is InChI=1S/C6H11ClO2/c1-4-5(2)8-9-6(3)7/h6H,2,4H2,1,3H3. The predicted molar refractivity (Wildman–Crippen MR) is 36.9 cm³/mol. The van der Waals surface area contributed by atoms with Gasteiger partial charge in [-0.25, -0.2) is 0 Å². The summed E-state index contributed by atoms with van der Waals surface area (Å²) in [5.41, 5.74) is -0.423. The minimum Gasteiger partial charge on any atom is -0.341 e. The summed E-state index contributed by atoms with van der Waals surface area (Å²) in [6.45, 7) is 7.13. The van der Waals surface area contributed by atoms with Crippen molar-refractivity contribution in [1.82, 2.24) is 0 Å². The van der Waals surface area contributed by atoms with Gasteiger partial charge in [0.1, 0.15) is 5.76 Å². The van der Waals surface area contributed by atoms with Gasteiger partial charge in [-0.2, -0.15) is 4.89 Å². The first-order chi connectivity index (χ1) is 4.16. The monoisotopic (exact) mass is 150 g/mol. The normalized spacial score (nSPS) is 12.8. The fourth-order valence-electron chi connectivity index (χ4n) is 0.193. The zero-order chi connectivity index (χ0) is 7.28. The lowest BCUT2D eigenvalue weighted by Crippen LogP contribution is -1.99. The van der Waals surface area contributed by atoms with E-state index in [-0.39, 0.29) is 0 Å². The van der Waals surface area contributed by atoms with Crippen LogP contribution in [0.5, 0.6) is 0 Å². The second kappa shape index (κ2) is 4.65. The molecule has 3 heteroatoms. The molecule has 0 saturated carbocycles. The average molecular weight is 151 g/mol. The Hall–Kier alpha value is -0.210. The van der Waals surface area contributed by atoms with E-state index in [1.54, 1.807) is 6.92 Å². The maximum Gasteiger partial charge on any atom is 0.175 e. The smallest absolute Gasteiger partial charge is 0.175 e. The van der Waals surface area contributed by atoms with Crippen molar-refractivity contribution >= 4 is 11.6 Å². The van der Waals surface area contributed by atoms with Crippen molar-refractivity contribution in [1.29, 1.82) is 0 Å². The maximum absolute atomic E-state index is 5.39. The summed E-state index contributed by atoms with van der Waals surface area (Å²) in [6.07, 6.45) is 0.740. The Balaban J connectivity index is 3.17. The fraction of sp³-hybridized carbons (Fsp3) is 0.667. The van der Waals surface area contributed by atoms with Gasteiger partial charge >= 0.3 is 0 Å². The lowest BCUT2D eigenvalue weighted by molar-refractivity contribution is -0.272. The number of halogens is 1. The Labute approximate surface area is 60.3 Å². The second-order valence-corrected chi connectivity index (χ2v) is 2.23. The molecule has 0 radical (unpaired) electrons. The van der Waals surface area contributed by atoms with Crippen molar-refractivity contribution in [2.45, 2.75) is 25.8 Å². The van der Waals surface area contributed by atoms with Crippen LogP contribution in [0.3, 0.4) is 0 Å². The van der Waals surface area contributed by atoms with Crippen LogP contribution in [-0.4, -0.2) is 5.56 Å². The van der Waals surface area contributed by atoms with Crippen molar-refractivity contribution in [2.75, 3.05) is 0 Å². The zero-order valence-corrected chi connectivity index (χ0v) is 6.44. The molecule has 0 aromatic heterocycles. The van der Waals surface area contributed by atoms with Crippen LogP contribution >= 0.6 is 11.6 Å². The molecular weight excluding hydrogens is 140 g/mol. The van der Waals surface area contributed by atoms with Crippen LogP contribution in [0.2, 0.25) is 0 Å². The van der Waals surface area contributed by atoms with E-state index in [1.807, 2.05) is 6.92 Å². The molecule has 9 heavy (non-hydrogen) atoms. The van der Waals surface area contributed by atoms with Crippen molar-refractivity contribution in [3.63, 3.8) is 0 Å². The Morgan fingerprint density at radius 2 is 2.33 bits per heavy atom. The largest absolute Gasteiger partial charge is 0.341 e. The highest BCUT2D eigenvalue weighted by Crippen LogP contribution is 2.03. The van der Waals surface area contributed by atoms with Crippen molar-refractivity contribution in [3.05, 3.63) is 12.3 Å². The third-order valence-electron chi connectivity index (χ3n) is 0.693. The van der Waals surface area contributed by atoms with Gasteiger partial charge in [-0.05, 0) is 6.92 Å². The van der Waals surface area contributed by atoms with Gasteiger partial charge in [0.2, 0.25) is 0 Å². The van der Waals surface area contributed by atoms with E-state index in [9.17, 15) is 0 Å². The highest BCUT2D eigenvalue weighted by molar-refractivity contribution is 6.19. The first-order valence-electron chi connectivity index (χ1n) is 2.82. The topological polar surface area (TPSA) is 18.5 Å². The molecular formula is C6H11ClO2. The predicted octanol–water partition coefficient (Wildman–Crippen LogP) is 2.44. The van der Waals surface area contributed by atoms with Gasteiger partial charge in [0.15, 0.2) is 5.56 Å². The van der Waals surface area contributed by atoms with Crippen molar-refractivity contribution in [3.8, 4) is 0 Å². The summed E-state index contributed by atoms with van der Waals surface area (Å²) in [5.74, 6) is 0.586. The molecule has 0 bridgehead atoms. The van der Waals surface area contributed by atoms with Crippen LogP contribution in [0.15, 0.2) is 12.3 Å². The number of allylic oxidation sites excluding steroid dienone is 1. The number of hydrogen-bond acceptors (Lipinski definition) is 2. The lowest BCUT2D eigenvalue weighted by Gasteiger charge is -2.05. The fourth-order valence-corrected chi connectivity index (χ4v) is 0.230. The Morgan fingerprint density at radius 1 is 1.78 bits per heavy atom. The van der Waals surface area contributed by atoms with E-state index in [2.05, 4.69) is 16.4 Å². The van der Waals surface area contributed by atoms with Gasteiger partial charge in [-0.3, -0.25) is 0 Å². The van der Waals surface area contributed by atoms with Crippen LogP contribution in [0.1, 0.15) is 20.3 Å². The molecule has 0 amide bonds. The number of alkyl halides is 1. The SMILES string of the molecule is C=C(CC)OOC(C)Cl. The Morgan fingerprint density at radius 3 is 2.67 bits per heavy atom. The summed E-state index contributed by atoms with van der Waals surface area (Å²) in [5, 5.41) is 0. The van der Waals surface area contributed by atoms with Crippen LogP contribution in [0.4, 0.5) is 0 Å². The van der Waals surface area contributed by atoms with Gasteiger partial charge in [0.25, 0.3) is 0 Å². The van der Waals surface area contributed by atoms with Crippen LogP contribution in [0, 0.1) is 0 Å². The van der Waals surface area contributed by atoms with E-state index in [4.69, 9.17) is 11.6 Å². The molecule has 0 fully saturated rings. The van der Waals surface area contributed by atoms with E-state index in [0.29, 0.717) is 5.76 Å². The quantitative estimate of drug-likeness (QED) is 0.265. The maximum atomic E-state index is 5.39. The van der Waals surface area contributed by atoms with Crippen LogP contribution in [0.25, 0.3) is 0 Å². The molecule has 0 aliphatic rings. The van der Waals surface area contributed by atoms with Gasteiger partial charge < -0.3 is 4.89 Å². The first kappa shape index (κ1) is 8.79. The van der Waals surface area contributed by atoms with Crippen LogP contribution < -0.4 is 0 Å². The summed E-state index contributed by atoms with van der Waals surface area (Å²) in [7, 11) is 0. The van der Waals surface area contributed by atoms with E-state index < -0.39 is 5.56 Å². The molecule has 0 aromatic rings. The highest BCUT2D eigenvalue weighted by Gasteiger charge is 1.96. The zero-order valence-electron chi connectivity index (χ0n) is 5.69. The Kier molecular flexibility index (Phi) is 4.54. The molecule has 0 rings (SSSR count). The second-order valence-electron chi connectivity index (χ2n) is 1.61. The average Bonchev–Trinajstić information content (AvgIpc) is 1.83. The summed E-state index contributed by atoms with van der Waals surface area (Å²) in [4.78, 5) is 9.19. The molecule has 0 heterocycles. The van der Waals surface area contributed by atoms with Crippen molar-refractivity contribution < 1.29 is 9.78 Å². The number of hydrogen-bond donors (Lipinski definition) is 0. The first-order valence-corrected chi connectivity index (χ1v) is 3.25. The molecule has 1 unspecified atom stereocenters. The molecule has 2 nitrogen and oxygen atoms in total. The number of rotatable bonds is 4. The molecule has 0 spiro atoms. The summed E-state index contributed by atoms with van der Waals surface area (Å²) < 4.78 is 0. The van der Waals surface area contributed by atoms with Gasteiger partial charge in [0, 0.05) is 6.42 Å².